The van der Waals surface area contributed by atoms with Gasteiger partial charge in [0.1, 0.15) is 0 Å². The summed E-state index contributed by atoms with van der Waals surface area (Å²) in [5.41, 5.74) is 2.50. The van der Waals surface area contributed by atoms with E-state index in [4.69, 9.17) is 5.26 Å². The largest absolute Gasteiger partial charge is 0.300 e. The van der Waals surface area contributed by atoms with Crippen molar-refractivity contribution in [2.24, 2.45) is 0 Å². The van der Waals surface area contributed by atoms with E-state index in [-0.39, 0.29) is 0 Å². The van der Waals surface area contributed by atoms with Gasteiger partial charge in [0.25, 0.3) is 0 Å². The fraction of sp³-hybridized carbons (Fsp3) is 0.588. The number of hydrogen-bond donors (Lipinski definition) is 0. The molecule has 1 aliphatic carbocycles. The highest BCUT2D eigenvalue weighted by molar-refractivity contribution is 7.89. The van der Waals surface area contributed by atoms with Crippen LogP contribution in [0.25, 0.3) is 0 Å². The van der Waals surface area contributed by atoms with E-state index in [0.717, 1.165) is 25.8 Å². The molecule has 1 fully saturated rings. The predicted molar refractivity (Wildman–Crippen MR) is 88.5 cm³/mol. The number of aryl methyl sites for hydroxylation is 2. The van der Waals surface area contributed by atoms with E-state index >= 15 is 0 Å². The number of fused-ring (bicyclic) bond motifs is 1. The summed E-state index contributed by atoms with van der Waals surface area (Å²) in [6.07, 6.45) is 4.89. The van der Waals surface area contributed by atoms with Gasteiger partial charge >= 0.3 is 0 Å². The Hall–Kier alpha value is -1.42. The molecule has 23 heavy (non-hydrogen) atoms. The second-order valence-electron chi connectivity index (χ2n) is 6.29. The summed E-state index contributed by atoms with van der Waals surface area (Å²) in [5, 5.41) is 8.64. The molecule has 1 aromatic carbocycles. The lowest BCUT2D eigenvalue weighted by atomic mass is 9.92. The Balaban J connectivity index is 1.71. The van der Waals surface area contributed by atoms with Crippen LogP contribution in [-0.4, -0.2) is 50.3 Å². The van der Waals surface area contributed by atoms with Crippen molar-refractivity contribution in [1.29, 1.82) is 5.26 Å². The summed E-state index contributed by atoms with van der Waals surface area (Å²) in [7, 11) is -3.40. The molecule has 0 aromatic heterocycles. The summed E-state index contributed by atoms with van der Waals surface area (Å²) in [6.45, 7) is 3.14. The van der Waals surface area contributed by atoms with Gasteiger partial charge in [0.15, 0.2) is 0 Å². The molecule has 2 aliphatic rings. The molecule has 6 heteroatoms. The third-order valence-corrected chi connectivity index (χ3v) is 6.72. The van der Waals surface area contributed by atoms with Gasteiger partial charge in [0.05, 0.1) is 11.0 Å². The molecule has 0 atom stereocenters. The molecule has 0 bridgehead atoms. The molecule has 0 radical (unpaired) electrons. The van der Waals surface area contributed by atoms with E-state index in [1.807, 2.05) is 12.1 Å². The van der Waals surface area contributed by atoms with Crippen molar-refractivity contribution in [3.05, 3.63) is 29.3 Å². The fourth-order valence-corrected chi connectivity index (χ4v) is 4.89. The van der Waals surface area contributed by atoms with Gasteiger partial charge in [-0.1, -0.05) is 6.07 Å². The molecule has 0 saturated carbocycles. The highest BCUT2D eigenvalue weighted by atomic mass is 32.2. The Labute approximate surface area is 138 Å². The molecule has 1 saturated heterocycles. The van der Waals surface area contributed by atoms with Crippen LogP contribution < -0.4 is 0 Å². The van der Waals surface area contributed by atoms with Gasteiger partial charge in [-0.2, -0.15) is 9.57 Å². The maximum Gasteiger partial charge on any atom is 0.243 e. The van der Waals surface area contributed by atoms with Crippen molar-refractivity contribution in [3.63, 3.8) is 0 Å². The molecule has 1 aromatic rings. The smallest absolute Gasteiger partial charge is 0.243 e. The van der Waals surface area contributed by atoms with Crippen LogP contribution in [0, 0.1) is 11.3 Å². The number of nitrogens with zero attached hydrogens (tertiary/aromatic N) is 3. The zero-order chi connectivity index (χ0) is 16.3. The Morgan fingerprint density at radius 1 is 1.04 bits per heavy atom. The van der Waals surface area contributed by atoms with Crippen LogP contribution in [0.3, 0.4) is 0 Å². The van der Waals surface area contributed by atoms with Crippen LogP contribution in [0.5, 0.6) is 0 Å². The summed E-state index contributed by atoms with van der Waals surface area (Å²) < 4.78 is 27.3. The number of sulfonamides is 1. The van der Waals surface area contributed by atoms with E-state index < -0.39 is 10.0 Å². The number of hydrogen-bond acceptors (Lipinski definition) is 4. The standard InChI is InChI=1S/C17H23N3O2S/c18-8-3-9-19-10-12-20(13-11-19)23(21,22)17-7-6-15-4-1-2-5-16(15)14-17/h6-7,14H,1-5,9-13H2. The highest BCUT2D eigenvalue weighted by Gasteiger charge is 2.29. The number of nitriles is 1. The molecule has 1 heterocycles. The normalized spacial score (nSPS) is 20.0. The molecule has 3 rings (SSSR count). The SMILES string of the molecule is N#CCCN1CCN(S(=O)(=O)c2ccc3c(c2)CCCC3)CC1. The maximum atomic E-state index is 12.8. The van der Waals surface area contributed by atoms with Crippen molar-refractivity contribution in [1.82, 2.24) is 9.21 Å². The number of benzene rings is 1. The first kappa shape index (κ1) is 16.4. The molecule has 0 amide bonds. The molecule has 0 spiro atoms. The lowest BCUT2D eigenvalue weighted by Crippen LogP contribution is -2.48. The summed E-state index contributed by atoms with van der Waals surface area (Å²) in [5.74, 6) is 0. The molecular weight excluding hydrogens is 310 g/mol. The molecule has 1 aliphatic heterocycles. The van der Waals surface area contributed by atoms with Crippen LogP contribution in [0.1, 0.15) is 30.4 Å². The minimum Gasteiger partial charge on any atom is -0.300 e. The summed E-state index contributed by atoms with van der Waals surface area (Å²) in [4.78, 5) is 2.59. The van der Waals surface area contributed by atoms with Crippen LogP contribution in [0.4, 0.5) is 0 Å². The average molecular weight is 333 g/mol. The monoisotopic (exact) mass is 333 g/mol. The third-order valence-electron chi connectivity index (χ3n) is 4.83. The first-order chi connectivity index (χ1) is 11.1. The lowest BCUT2D eigenvalue weighted by molar-refractivity contribution is 0.191. The second-order valence-corrected chi connectivity index (χ2v) is 8.23. The Morgan fingerprint density at radius 2 is 1.74 bits per heavy atom. The van der Waals surface area contributed by atoms with Gasteiger partial charge in [-0.25, -0.2) is 8.42 Å². The van der Waals surface area contributed by atoms with Crippen molar-refractivity contribution in [3.8, 4) is 6.07 Å². The Kier molecular flexibility index (Phi) is 5.00. The minimum atomic E-state index is -3.40. The van der Waals surface area contributed by atoms with Gasteiger partial charge in [-0.05, 0) is 48.9 Å². The van der Waals surface area contributed by atoms with Crippen LogP contribution in [0.2, 0.25) is 0 Å². The van der Waals surface area contributed by atoms with Crippen molar-refractivity contribution in [2.45, 2.75) is 37.0 Å². The maximum absolute atomic E-state index is 12.8. The van der Waals surface area contributed by atoms with Crippen molar-refractivity contribution < 1.29 is 8.42 Å². The summed E-state index contributed by atoms with van der Waals surface area (Å²) >= 11 is 0. The van der Waals surface area contributed by atoms with Gasteiger partial charge in [0.2, 0.25) is 10.0 Å². The van der Waals surface area contributed by atoms with Crippen LogP contribution >= 0.6 is 0 Å². The van der Waals surface area contributed by atoms with Crippen molar-refractivity contribution in [2.75, 3.05) is 32.7 Å². The van der Waals surface area contributed by atoms with Crippen LogP contribution in [0.15, 0.2) is 23.1 Å². The van der Waals surface area contributed by atoms with Crippen LogP contribution in [-0.2, 0) is 22.9 Å². The average Bonchev–Trinajstić information content (AvgIpc) is 2.60. The zero-order valence-electron chi connectivity index (χ0n) is 13.4. The van der Waals surface area contributed by atoms with E-state index in [9.17, 15) is 8.42 Å². The van der Waals surface area contributed by atoms with Gasteiger partial charge in [0, 0.05) is 39.1 Å². The second kappa shape index (κ2) is 7.00. The molecule has 0 N–H and O–H groups in total. The zero-order valence-corrected chi connectivity index (χ0v) is 14.2. The van der Waals surface area contributed by atoms with Gasteiger partial charge in [-0.15, -0.1) is 0 Å². The predicted octanol–water partition coefficient (Wildman–Crippen LogP) is 1.79. The minimum absolute atomic E-state index is 0.434. The van der Waals surface area contributed by atoms with E-state index in [0.29, 0.717) is 37.5 Å². The molecule has 124 valence electrons. The first-order valence-electron chi connectivity index (χ1n) is 8.32. The van der Waals surface area contributed by atoms with Gasteiger partial charge < -0.3 is 0 Å². The molecule has 5 nitrogen and oxygen atoms in total. The summed E-state index contributed by atoms with van der Waals surface area (Å²) in [6, 6.07) is 7.77. The Morgan fingerprint density at radius 3 is 2.43 bits per heavy atom. The van der Waals surface area contributed by atoms with E-state index in [2.05, 4.69) is 11.0 Å². The lowest BCUT2D eigenvalue weighted by Gasteiger charge is -2.33. The molecular formula is C17H23N3O2S. The fourth-order valence-electron chi connectivity index (χ4n) is 3.42. The van der Waals surface area contributed by atoms with Crippen molar-refractivity contribution >= 4 is 10.0 Å². The topological polar surface area (TPSA) is 64.4 Å². The number of piperazine rings is 1. The first-order valence-corrected chi connectivity index (χ1v) is 9.76. The molecule has 0 unspecified atom stereocenters. The van der Waals surface area contributed by atoms with E-state index in [1.54, 1.807) is 10.4 Å². The van der Waals surface area contributed by atoms with E-state index in [1.165, 1.54) is 17.5 Å². The number of rotatable bonds is 4. The quantitative estimate of drug-likeness (QED) is 0.842. The third kappa shape index (κ3) is 3.57. The Bertz CT molecular complexity index is 701. The van der Waals surface area contributed by atoms with Gasteiger partial charge in [-0.3, -0.25) is 4.90 Å². The highest BCUT2D eigenvalue weighted by Crippen LogP contribution is 2.26.